The summed E-state index contributed by atoms with van der Waals surface area (Å²) in [4.78, 5) is 17.2. The van der Waals surface area contributed by atoms with Gasteiger partial charge in [0.05, 0.1) is 17.6 Å². The van der Waals surface area contributed by atoms with Crippen LogP contribution in [0.2, 0.25) is 0 Å². The number of nitrogens with zero attached hydrogens (tertiary/aromatic N) is 3. The van der Waals surface area contributed by atoms with E-state index in [9.17, 15) is 31.1 Å². The summed E-state index contributed by atoms with van der Waals surface area (Å²) >= 11 is 1.11. The van der Waals surface area contributed by atoms with Gasteiger partial charge in [0.15, 0.2) is 0 Å². The minimum atomic E-state index is -4.62. The Kier molecular flexibility index (Phi) is 7.71. The molecule has 34 heavy (non-hydrogen) atoms. The first kappa shape index (κ1) is 26.1. The van der Waals surface area contributed by atoms with Crippen molar-refractivity contribution >= 4 is 23.8 Å². The maximum Gasteiger partial charge on any atom is 0.417 e. The summed E-state index contributed by atoms with van der Waals surface area (Å²) in [5.41, 5.74) is -1.70. The van der Waals surface area contributed by atoms with Crippen LogP contribution < -0.4 is 0 Å². The van der Waals surface area contributed by atoms with Crippen molar-refractivity contribution in [2.45, 2.75) is 56.0 Å². The summed E-state index contributed by atoms with van der Waals surface area (Å²) < 4.78 is 80.8. The first-order valence-corrected chi connectivity index (χ1v) is 11.2. The minimum absolute atomic E-state index is 0.0515. The van der Waals surface area contributed by atoms with Gasteiger partial charge in [-0.15, -0.1) is 0 Å². The fourth-order valence-electron chi connectivity index (χ4n) is 3.88. The van der Waals surface area contributed by atoms with E-state index in [0.717, 1.165) is 36.4 Å². The van der Waals surface area contributed by atoms with Gasteiger partial charge >= 0.3 is 18.3 Å². The van der Waals surface area contributed by atoms with Crippen molar-refractivity contribution in [3.05, 3.63) is 53.3 Å². The normalized spacial score (nSPS) is 22.3. The number of aliphatic imine (C=N–C) groups is 1. The first-order valence-electron chi connectivity index (χ1n) is 10.4. The number of carboxylic acids is 1. The molecule has 2 heterocycles. The molecule has 1 aromatic carbocycles. The zero-order valence-electron chi connectivity index (χ0n) is 18.3. The highest BCUT2D eigenvalue weighted by atomic mass is 32.2. The summed E-state index contributed by atoms with van der Waals surface area (Å²) in [6, 6.07) is 2.91. The van der Waals surface area contributed by atoms with E-state index in [-0.39, 0.29) is 29.0 Å². The lowest BCUT2D eigenvalue weighted by Crippen LogP contribution is -2.55. The molecule has 2 aliphatic rings. The van der Waals surface area contributed by atoms with Crippen molar-refractivity contribution in [1.82, 2.24) is 9.21 Å². The minimum Gasteiger partial charge on any atom is -0.481 e. The van der Waals surface area contributed by atoms with E-state index in [0.29, 0.717) is 18.9 Å². The Labute approximate surface area is 197 Å². The Balaban J connectivity index is 1.78. The Morgan fingerprint density at radius 2 is 1.74 bits per heavy atom. The van der Waals surface area contributed by atoms with Crippen LogP contribution in [0.5, 0.6) is 0 Å². The molecular formula is C22H23F6N3O2S. The number of alkyl halides is 6. The lowest BCUT2D eigenvalue weighted by Gasteiger charge is -2.44. The smallest absolute Gasteiger partial charge is 0.417 e. The lowest BCUT2D eigenvalue weighted by atomic mass is 10.1. The highest BCUT2D eigenvalue weighted by molar-refractivity contribution is 7.97. The Morgan fingerprint density at radius 1 is 1.09 bits per heavy atom. The van der Waals surface area contributed by atoms with E-state index in [2.05, 4.69) is 4.99 Å². The number of carboxylic acid groups (broad SMARTS) is 1. The van der Waals surface area contributed by atoms with Crippen LogP contribution in [0.15, 0.2) is 52.0 Å². The maximum atomic E-state index is 13.3. The summed E-state index contributed by atoms with van der Waals surface area (Å²) in [5, 5.41) is 9.00. The van der Waals surface area contributed by atoms with Gasteiger partial charge in [0.1, 0.15) is 5.84 Å². The Bertz CT molecular complexity index is 1010. The van der Waals surface area contributed by atoms with Gasteiger partial charge in [0.25, 0.3) is 0 Å². The number of rotatable bonds is 4. The summed E-state index contributed by atoms with van der Waals surface area (Å²) in [6.07, 6.45) is -6.19. The molecule has 186 valence electrons. The van der Waals surface area contributed by atoms with Crippen LogP contribution in [0.3, 0.4) is 0 Å². The van der Waals surface area contributed by atoms with Gasteiger partial charge in [-0.1, -0.05) is 12.2 Å². The Morgan fingerprint density at radius 3 is 2.29 bits per heavy atom. The molecule has 5 nitrogen and oxygen atoms in total. The number of amidine groups is 1. The van der Waals surface area contributed by atoms with Crippen molar-refractivity contribution in [2.75, 3.05) is 13.1 Å². The highest BCUT2D eigenvalue weighted by Crippen LogP contribution is 2.37. The van der Waals surface area contributed by atoms with Crippen LogP contribution in [0.1, 0.15) is 31.4 Å². The first-order chi connectivity index (χ1) is 15.7. The van der Waals surface area contributed by atoms with Crippen molar-refractivity contribution in [3.63, 3.8) is 0 Å². The van der Waals surface area contributed by atoms with E-state index in [1.54, 1.807) is 0 Å². The molecule has 0 saturated carbocycles. The predicted molar refractivity (Wildman–Crippen MR) is 116 cm³/mol. The Hall–Kier alpha value is -2.47. The molecule has 0 radical (unpaired) electrons. The number of hydrogen-bond donors (Lipinski definition) is 1. The van der Waals surface area contributed by atoms with Crippen LogP contribution in [0, 0.1) is 0 Å². The summed E-state index contributed by atoms with van der Waals surface area (Å²) in [5.74, 6) is -0.742. The topological polar surface area (TPSA) is 56.1 Å². The number of carbonyl (C=O) groups is 1. The van der Waals surface area contributed by atoms with Gasteiger partial charge in [-0.2, -0.15) is 26.3 Å². The second-order valence-electron chi connectivity index (χ2n) is 8.22. The fraction of sp³-hybridized carbons (Fsp3) is 0.455. The number of piperazine rings is 1. The van der Waals surface area contributed by atoms with Crippen molar-refractivity contribution in [3.8, 4) is 0 Å². The number of halogens is 6. The molecule has 12 heteroatoms. The molecule has 0 amide bonds. The maximum absolute atomic E-state index is 13.3. The van der Waals surface area contributed by atoms with Crippen molar-refractivity contribution in [2.24, 2.45) is 4.99 Å². The van der Waals surface area contributed by atoms with Crippen LogP contribution in [0.25, 0.3) is 0 Å². The number of hydrogen-bond acceptors (Lipinski definition) is 5. The molecule has 0 aliphatic carbocycles. The van der Waals surface area contributed by atoms with Gasteiger partial charge in [-0.3, -0.25) is 4.79 Å². The van der Waals surface area contributed by atoms with E-state index >= 15 is 0 Å². The largest absolute Gasteiger partial charge is 0.481 e. The van der Waals surface area contributed by atoms with E-state index in [1.165, 1.54) is 12.1 Å². The molecule has 2 atom stereocenters. The molecule has 2 aliphatic heterocycles. The van der Waals surface area contributed by atoms with Crippen LogP contribution in [-0.4, -0.2) is 57.5 Å². The molecule has 1 saturated heterocycles. The highest BCUT2D eigenvalue weighted by Gasteiger charge is 2.35. The molecule has 0 spiro atoms. The average molecular weight is 508 g/mol. The van der Waals surface area contributed by atoms with Crippen molar-refractivity contribution < 1.29 is 36.2 Å². The van der Waals surface area contributed by atoms with Crippen molar-refractivity contribution in [1.29, 1.82) is 0 Å². The van der Waals surface area contributed by atoms with E-state index in [1.807, 2.05) is 23.1 Å². The quantitative estimate of drug-likeness (QED) is 0.429. The molecular weight excluding hydrogens is 484 g/mol. The van der Waals surface area contributed by atoms with E-state index < -0.39 is 35.9 Å². The van der Waals surface area contributed by atoms with E-state index in [4.69, 9.17) is 5.11 Å². The monoisotopic (exact) mass is 507 g/mol. The molecule has 3 rings (SSSR count). The van der Waals surface area contributed by atoms with Gasteiger partial charge < -0.3 is 10.0 Å². The molecule has 2 unspecified atom stereocenters. The molecule has 1 fully saturated rings. The van der Waals surface area contributed by atoms with Crippen LogP contribution >= 0.6 is 11.9 Å². The summed E-state index contributed by atoms with van der Waals surface area (Å²) in [7, 11) is 0. The number of benzene rings is 1. The third kappa shape index (κ3) is 6.56. The zero-order valence-corrected chi connectivity index (χ0v) is 19.1. The van der Waals surface area contributed by atoms with Gasteiger partial charge in [-0.05, 0) is 49.6 Å². The predicted octanol–water partition coefficient (Wildman–Crippen LogP) is 5.54. The number of allylic oxidation sites excluding steroid dienone is 2. The third-order valence-corrected chi connectivity index (χ3v) is 6.72. The van der Waals surface area contributed by atoms with Crippen LogP contribution in [0.4, 0.5) is 26.3 Å². The van der Waals surface area contributed by atoms with Gasteiger partial charge in [0, 0.05) is 42.7 Å². The number of aliphatic carboxylic acids is 1. The van der Waals surface area contributed by atoms with Crippen LogP contribution in [-0.2, 0) is 17.4 Å². The standard InChI is InChI=1S/C22H23F6N3O2S/c1-13-11-30(19-5-3-4-16(10-29-19)21(23,24)25)12-14(2)31(13)34-18-7-15(8-20(32)33)6-17(9-18)22(26,27)28/h3-4,6-7,9-10,13-14H,5,8,11-12H2,1-2H3,(H,32,33). The fourth-order valence-corrected chi connectivity index (χ4v) is 5.00. The molecule has 0 bridgehead atoms. The van der Waals surface area contributed by atoms with Gasteiger partial charge in [0.2, 0.25) is 0 Å². The molecule has 1 N–H and O–H groups in total. The molecule has 1 aromatic rings. The zero-order chi connectivity index (χ0) is 25.3. The molecule has 0 aromatic heterocycles. The SMILES string of the molecule is CC1CN(C2=NC=C(C(F)(F)F)C=CC2)CC(C)N1Sc1cc(CC(=O)O)cc(C(F)(F)F)c1. The average Bonchev–Trinajstić information content (AvgIpc) is 2.95. The summed E-state index contributed by atoms with van der Waals surface area (Å²) in [6.45, 7) is 4.57. The van der Waals surface area contributed by atoms with Gasteiger partial charge in [-0.25, -0.2) is 9.30 Å². The lowest BCUT2D eigenvalue weighted by molar-refractivity contribution is -0.139. The third-order valence-electron chi connectivity index (χ3n) is 5.34. The second kappa shape index (κ2) is 10.0. The second-order valence-corrected chi connectivity index (χ2v) is 9.30.